The summed E-state index contributed by atoms with van der Waals surface area (Å²) in [5.41, 5.74) is 2.64. The molecule has 0 fully saturated rings. The van der Waals surface area contributed by atoms with Crippen molar-refractivity contribution in [2.45, 2.75) is 23.6 Å². The van der Waals surface area contributed by atoms with Crippen LogP contribution in [0.2, 0.25) is 0 Å². The summed E-state index contributed by atoms with van der Waals surface area (Å²) in [6.07, 6.45) is 5.46. The van der Waals surface area contributed by atoms with Crippen molar-refractivity contribution in [1.29, 1.82) is 0 Å². The zero-order valence-electron chi connectivity index (χ0n) is 17.9. The Morgan fingerprint density at radius 3 is 2.70 bits per heavy atom. The number of thiazole rings is 1. The number of aromatic nitrogens is 2. The highest BCUT2D eigenvalue weighted by Crippen LogP contribution is 2.25. The molecule has 0 aliphatic carbocycles. The van der Waals surface area contributed by atoms with Gasteiger partial charge in [-0.3, -0.25) is 9.69 Å². The number of fused-ring (bicyclic) bond motifs is 1. The smallest absolute Gasteiger partial charge is 0.257 e. The van der Waals surface area contributed by atoms with Gasteiger partial charge in [0.15, 0.2) is 9.84 Å². The molecule has 2 aromatic heterocycles. The Morgan fingerprint density at radius 1 is 1.06 bits per heavy atom. The number of nitrogens with zero attached hydrogens (tertiary/aromatic N) is 2. The SMILES string of the molecule is O=c1[nH]c2cc(CN3CC=CCC3)ccc2cc1-c1csc(CS(=O)(=O)c2ccccc2)n1. The lowest BCUT2D eigenvalue weighted by molar-refractivity contribution is 0.291. The van der Waals surface area contributed by atoms with Crippen molar-refractivity contribution < 1.29 is 8.42 Å². The zero-order chi connectivity index (χ0) is 22.8. The second-order valence-corrected chi connectivity index (χ2v) is 11.1. The van der Waals surface area contributed by atoms with Crippen molar-refractivity contribution in [2.75, 3.05) is 13.1 Å². The largest absolute Gasteiger partial charge is 0.321 e. The highest BCUT2D eigenvalue weighted by atomic mass is 32.2. The van der Waals surface area contributed by atoms with E-state index in [-0.39, 0.29) is 16.2 Å². The summed E-state index contributed by atoms with van der Waals surface area (Å²) in [4.78, 5) is 22.9. The maximum Gasteiger partial charge on any atom is 0.257 e. The summed E-state index contributed by atoms with van der Waals surface area (Å²) >= 11 is 1.25. The van der Waals surface area contributed by atoms with Crippen LogP contribution in [-0.4, -0.2) is 36.4 Å². The number of rotatable bonds is 6. The van der Waals surface area contributed by atoms with E-state index in [1.807, 2.05) is 18.2 Å². The maximum absolute atomic E-state index is 12.8. The molecule has 1 aliphatic heterocycles. The molecular weight excluding hydrogens is 454 g/mol. The lowest BCUT2D eigenvalue weighted by Gasteiger charge is -2.23. The van der Waals surface area contributed by atoms with Crippen LogP contribution in [0.15, 0.2) is 81.8 Å². The molecule has 0 unspecified atom stereocenters. The van der Waals surface area contributed by atoms with E-state index in [0.717, 1.165) is 42.5 Å². The van der Waals surface area contributed by atoms with Crippen LogP contribution in [0.4, 0.5) is 0 Å². The van der Waals surface area contributed by atoms with Crippen LogP contribution in [0.5, 0.6) is 0 Å². The van der Waals surface area contributed by atoms with Crippen LogP contribution in [0.1, 0.15) is 17.0 Å². The third-order valence-electron chi connectivity index (χ3n) is 5.70. The second-order valence-electron chi connectivity index (χ2n) is 8.13. The molecule has 0 spiro atoms. The number of hydrogen-bond acceptors (Lipinski definition) is 6. The Labute approximate surface area is 196 Å². The van der Waals surface area contributed by atoms with Crippen LogP contribution < -0.4 is 5.56 Å². The molecule has 168 valence electrons. The summed E-state index contributed by atoms with van der Waals surface area (Å²) in [6.45, 7) is 2.82. The Bertz CT molecular complexity index is 1490. The van der Waals surface area contributed by atoms with Gasteiger partial charge in [-0.25, -0.2) is 13.4 Å². The molecule has 4 aromatic rings. The summed E-state index contributed by atoms with van der Waals surface area (Å²) in [5, 5.41) is 3.11. The Kier molecular flexibility index (Phi) is 5.97. The highest BCUT2D eigenvalue weighted by Gasteiger charge is 2.18. The molecule has 0 atom stereocenters. The fourth-order valence-electron chi connectivity index (χ4n) is 4.00. The monoisotopic (exact) mass is 477 g/mol. The summed E-state index contributed by atoms with van der Waals surface area (Å²) < 4.78 is 25.3. The molecule has 1 N–H and O–H groups in total. The van der Waals surface area contributed by atoms with Crippen LogP contribution in [-0.2, 0) is 22.1 Å². The van der Waals surface area contributed by atoms with Gasteiger partial charge in [-0.2, -0.15) is 0 Å². The third kappa shape index (κ3) is 4.83. The predicted octanol–water partition coefficient (Wildman–Crippen LogP) is 4.39. The van der Waals surface area contributed by atoms with Crippen molar-refractivity contribution >= 4 is 32.1 Å². The second kappa shape index (κ2) is 9.05. The first-order chi connectivity index (χ1) is 16.0. The molecule has 0 saturated heterocycles. The minimum absolute atomic E-state index is 0.192. The van der Waals surface area contributed by atoms with E-state index in [1.54, 1.807) is 35.7 Å². The molecule has 0 radical (unpaired) electrons. The van der Waals surface area contributed by atoms with Gasteiger partial charge in [0.2, 0.25) is 0 Å². The van der Waals surface area contributed by atoms with E-state index >= 15 is 0 Å². The van der Waals surface area contributed by atoms with Crippen LogP contribution >= 0.6 is 11.3 Å². The van der Waals surface area contributed by atoms with Gasteiger partial charge in [0.1, 0.15) is 10.8 Å². The number of H-pyrrole nitrogens is 1. The first kappa shape index (κ1) is 21.8. The number of hydrogen-bond donors (Lipinski definition) is 1. The molecular formula is C25H23N3O3S2. The Hall–Kier alpha value is -3.07. The lowest BCUT2D eigenvalue weighted by Crippen LogP contribution is -2.26. The van der Waals surface area contributed by atoms with Crippen molar-refractivity contribution in [1.82, 2.24) is 14.9 Å². The molecule has 1 aliphatic rings. The predicted molar refractivity (Wildman–Crippen MR) is 132 cm³/mol. The molecule has 3 heterocycles. The molecule has 5 rings (SSSR count). The average Bonchev–Trinajstić information content (AvgIpc) is 3.27. The summed E-state index contributed by atoms with van der Waals surface area (Å²) in [7, 11) is -3.49. The molecule has 6 nitrogen and oxygen atoms in total. The van der Waals surface area contributed by atoms with Crippen LogP contribution in [0.25, 0.3) is 22.2 Å². The molecule has 0 amide bonds. The normalized spacial score (nSPS) is 14.7. The van der Waals surface area contributed by atoms with Gasteiger partial charge in [-0.15, -0.1) is 11.3 Å². The minimum atomic E-state index is -3.49. The maximum atomic E-state index is 12.8. The van der Waals surface area contributed by atoms with Crippen molar-refractivity contribution in [3.63, 3.8) is 0 Å². The van der Waals surface area contributed by atoms with Crippen molar-refractivity contribution in [2.24, 2.45) is 0 Å². The molecule has 8 heteroatoms. The highest BCUT2D eigenvalue weighted by molar-refractivity contribution is 7.90. The topological polar surface area (TPSA) is 83.1 Å². The molecule has 2 aromatic carbocycles. The van der Waals surface area contributed by atoms with Gasteiger partial charge in [0, 0.05) is 30.5 Å². The van der Waals surface area contributed by atoms with Gasteiger partial charge in [-0.1, -0.05) is 42.5 Å². The fourth-order valence-corrected chi connectivity index (χ4v) is 6.45. The average molecular weight is 478 g/mol. The molecule has 0 saturated carbocycles. The third-order valence-corrected chi connectivity index (χ3v) is 8.38. The van der Waals surface area contributed by atoms with Crippen LogP contribution in [0.3, 0.4) is 0 Å². The van der Waals surface area contributed by atoms with E-state index in [1.165, 1.54) is 11.3 Å². The van der Waals surface area contributed by atoms with Gasteiger partial charge >= 0.3 is 0 Å². The number of pyridine rings is 1. The number of benzene rings is 2. The van der Waals surface area contributed by atoms with Crippen LogP contribution in [0, 0.1) is 0 Å². The number of nitrogens with one attached hydrogen (secondary N) is 1. The Balaban J connectivity index is 1.39. The van der Waals surface area contributed by atoms with Crippen molar-refractivity contribution in [3.8, 4) is 11.3 Å². The van der Waals surface area contributed by atoms with Crippen molar-refractivity contribution in [3.05, 3.63) is 93.1 Å². The quantitative estimate of drug-likeness (QED) is 0.417. The van der Waals surface area contributed by atoms with Gasteiger partial charge < -0.3 is 4.98 Å². The standard InChI is InChI=1S/C25H23N3O3S2/c29-25-21(23-16-32-24(26-23)17-33(30,31)20-7-3-1-4-8-20)14-19-10-9-18(13-22(19)27-25)15-28-11-5-2-6-12-28/h1-5,7-10,13-14,16H,6,11-12,15,17H2,(H,27,29). The molecule has 33 heavy (non-hydrogen) atoms. The van der Waals surface area contributed by atoms with E-state index < -0.39 is 9.84 Å². The fraction of sp³-hybridized carbons (Fsp3) is 0.200. The first-order valence-electron chi connectivity index (χ1n) is 10.7. The number of sulfone groups is 1. The van der Waals surface area contributed by atoms with Gasteiger partial charge in [0.25, 0.3) is 5.56 Å². The van der Waals surface area contributed by atoms with E-state index in [2.05, 4.69) is 33.1 Å². The van der Waals surface area contributed by atoms with E-state index in [9.17, 15) is 13.2 Å². The van der Waals surface area contributed by atoms with Gasteiger partial charge in [0.05, 0.1) is 16.2 Å². The van der Waals surface area contributed by atoms with E-state index in [0.29, 0.717) is 16.3 Å². The van der Waals surface area contributed by atoms with Gasteiger partial charge in [-0.05, 0) is 41.6 Å². The zero-order valence-corrected chi connectivity index (χ0v) is 19.5. The molecule has 0 bridgehead atoms. The summed E-state index contributed by atoms with van der Waals surface area (Å²) in [5.74, 6) is -0.192. The van der Waals surface area contributed by atoms with E-state index in [4.69, 9.17) is 0 Å². The lowest BCUT2D eigenvalue weighted by atomic mass is 10.1. The minimum Gasteiger partial charge on any atom is -0.321 e. The summed E-state index contributed by atoms with van der Waals surface area (Å²) in [6, 6.07) is 16.3. The first-order valence-corrected chi connectivity index (χ1v) is 13.3. The Morgan fingerprint density at radius 2 is 1.91 bits per heavy atom. The number of aromatic amines is 1.